The Labute approximate surface area is 129 Å². The average Bonchev–Trinajstić information content (AvgIpc) is 2.53. The summed E-state index contributed by atoms with van der Waals surface area (Å²) in [6.45, 7) is 7.07. The van der Waals surface area contributed by atoms with Gasteiger partial charge < -0.3 is 9.58 Å². The van der Waals surface area contributed by atoms with Gasteiger partial charge in [0.2, 0.25) is 0 Å². The van der Waals surface area contributed by atoms with Crippen LogP contribution in [0.25, 0.3) is 27.0 Å². The van der Waals surface area contributed by atoms with Crippen LogP contribution in [0.15, 0.2) is 48.5 Å². The lowest BCUT2D eigenvalue weighted by Crippen LogP contribution is -2.16. The highest BCUT2D eigenvalue weighted by Crippen LogP contribution is 2.30. The van der Waals surface area contributed by atoms with Crippen LogP contribution < -0.4 is 4.74 Å². The highest BCUT2D eigenvalue weighted by Gasteiger charge is 2.31. The van der Waals surface area contributed by atoms with Crippen LogP contribution in [0.1, 0.15) is 0 Å². The van der Waals surface area contributed by atoms with Crippen LogP contribution in [0.5, 0.6) is 5.75 Å². The first-order valence-electron chi connectivity index (χ1n) is 6.47. The molecule has 0 aliphatic rings. The summed E-state index contributed by atoms with van der Waals surface area (Å²) in [5.74, 6) is -0.334. The third kappa shape index (κ3) is 3.21. The fourth-order valence-electron chi connectivity index (χ4n) is 2.15. The normalized spacial score (nSPS) is 11.2. The number of halogens is 3. The van der Waals surface area contributed by atoms with Gasteiger partial charge in [0.15, 0.2) is 0 Å². The van der Waals surface area contributed by atoms with Gasteiger partial charge in [0.25, 0.3) is 0 Å². The van der Waals surface area contributed by atoms with E-state index in [4.69, 9.17) is 6.57 Å². The van der Waals surface area contributed by atoms with Crippen LogP contribution in [-0.2, 0) is 0 Å². The molecule has 0 spiro atoms. The Morgan fingerprint density at radius 3 is 2.30 bits per heavy atom. The van der Waals surface area contributed by atoms with E-state index in [2.05, 4.69) is 19.5 Å². The molecule has 0 aliphatic heterocycles. The first-order valence-corrected chi connectivity index (χ1v) is 6.47. The molecule has 0 saturated carbocycles. The monoisotopic (exact) mass is 315 g/mol. The molecule has 0 atom stereocenters. The minimum Gasteiger partial charge on any atom is -0.406 e. The molecule has 0 fully saturated rings. The number of fused-ring (bicyclic) bond motifs is 1. The molecule has 0 N–H and O–H groups in total. The molecule has 0 saturated heterocycles. The van der Waals surface area contributed by atoms with Crippen molar-refractivity contribution in [2.45, 2.75) is 6.36 Å². The molecule has 114 valence electrons. The van der Waals surface area contributed by atoms with Crippen molar-refractivity contribution in [3.63, 3.8) is 0 Å². The van der Waals surface area contributed by atoms with Gasteiger partial charge in [-0.1, -0.05) is 12.1 Å². The number of benzene rings is 2. The molecule has 4 nitrogen and oxygen atoms in total. The zero-order chi connectivity index (χ0) is 16.4. The largest absolute Gasteiger partial charge is 0.573 e. The molecule has 7 heteroatoms. The summed E-state index contributed by atoms with van der Waals surface area (Å²) in [5.41, 5.74) is 1.65. The highest BCUT2D eigenvalue weighted by molar-refractivity contribution is 5.93. The van der Waals surface area contributed by atoms with Gasteiger partial charge >= 0.3 is 12.3 Å². The Morgan fingerprint density at radius 2 is 1.65 bits per heavy atom. The van der Waals surface area contributed by atoms with E-state index in [1.54, 1.807) is 24.3 Å². The molecule has 1 heterocycles. The van der Waals surface area contributed by atoms with Crippen LogP contribution >= 0.6 is 0 Å². The van der Waals surface area contributed by atoms with Gasteiger partial charge in [0.1, 0.15) is 17.0 Å². The predicted molar refractivity (Wildman–Crippen MR) is 77.9 cm³/mol. The average molecular weight is 315 g/mol. The zero-order valence-corrected chi connectivity index (χ0v) is 11.5. The van der Waals surface area contributed by atoms with E-state index in [1.165, 1.54) is 24.3 Å². The minimum atomic E-state index is -4.74. The smallest absolute Gasteiger partial charge is 0.406 e. The molecule has 0 aliphatic carbocycles. The maximum atomic E-state index is 12.2. The predicted octanol–water partition coefficient (Wildman–Crippen LogP) is 4.75. The maximum absolute atomic E-state index is 12.2. The third-order valence-electron chi connectivity index (χ3n) is 3.05. The number of ether oxygens (including phenoxy) is 1. The number of hydrogen-bond donors (Lipinski definition) is 0. The van der Waals surface area contributed by atoms with Crippen LogP contribution in [0, 0.1) is 6.57 Å². The maximum Gasteiger partial charge on any atom is 0.573 e. The van der Waals surface area contributed by atoms with Gasteiger partial charge in [0, 0.05) is 5.56 Å². The van der Waals surface area contributed by atoms with E-state index < -0.39 is 6.36 Å². The summed E-state index contributed by atoms with van der Waals surface area (Å²) >= 11 is 0. The third-order valence-corrected chi connectivity index (χ3v) is 3.05. The number of para-hydroxylation sites is 1. The lowest BCUT2D eigenvalue weighted by Gasteiger charge is -2.09. The highest BCUT2D eigenvalue weighted by atomic mass is 19.4. The molecule has 0 unspecified atom stereocenters. The van der Waals surface area contributed by atoms with Crippen LogP contribution in [-0.4, -0.2) is 16.3 Å². The molecule has 23 heavy (non-hydrogen) atoms. The van der Waals surface area contributed by atoms with Gasteiger partial charge in [-0.3, -0.25) is 0 Å². The van der Waals surface area contributed by atoms with E-state index in [9.17, 15) is 13.2 Å². The molecule has 1 aromatic heterocycles. The first kappa shape index (κ1) is 14.8. The van der Waals surface area contributed by atoms with Crippen molar-refractivity contribution in [2.75, 3.05) is 0 Å². The fraction of sp³-hybridized carbons (Fsp3) is 0.0625. The Balaban J connectivity index is 2.08. The summed E-state index contributed by atoms with van der Waals surface area (Å²) in [6, 6.07) is 12.5. The standard InChI is InChI=1S/C16H8F3N3O/c1-20-15-21-13-5-3-2-4-12(13)14(22-15)10-6-8-11(9-7-10)23-16(17,18)19/h2-9H. The van der Waals surface area contributed by atoms with Gasteiger partial charge in [-0.2, -0.15) is 0 Å². The van der Waals surface area contributed by atoms with Crippen molar-refractivity contribution in [3.8, 4) is 17.0 Å². The topological polar surface area (TPSA) is 39.4 Å². The lowest BCUT2D eigenvalue weighted by molar-refractivity contribution is -0.274. The van der Waals surface area contributed by atoms with Crippen molar-refractivity contribution >= 4 is 16.9 Å². The second-order valence-corrected chi connectivity index (χ2v) is 4.57. The van der Waals surface area contributed by atoms with Crippen molar-refractivity contribution in [2.24, 2.45) is 0 Å². The summed E-state index contributed by atoms with van der Waals surface area (Å²) < 4.78 is 40.4. The Bertz CT molecular complexity index is 899. The van der Waals surface area contributed by atoms with E-state index in [-0.39, 0.29) is 11.7 Å². The first-order chi connectivity index (χ1) is 11.0. The number of nitrogens with zero attached hydrogens (tertiary/aromatic N) is 3. The lowest BCUT2D eigenvalue weighted by atomic mass is 10.1. The molecular weight excluding hydrogens is 307 g/mol. The summed E-state index contributed by atoms with van der Waals surface area (Å²) in [5, 5.41) is 0.712. The van der Waals surface area contributed by atoms with E-state index in [1.807, 2.05) is 0 Å². The Kier molecular flexibility index (Phi) is 3.58. The van der Waals surface area contributed by atoms with Crippen molar-refractivity contribution in [1.29, 1.82) is 0 Å². The molecular formula is C16H8F3N3O. The van der Waals surface area contributed by atoms with Gasteiger partial charge in [-0.25, -0.2) is 0 Å². The summed E-state index contributed by atoms with van der Waals surface area (Å²) in [4.78, 5) is 11.5. The van der Waals surface area contributed by atoms with Gasteiger partial charge in [-0.05, 0) is 36.4 Å². The fourth-order valence-corrected chi connectivity index (χ4v) is 2.15. The Morgan fingerprint density at radius 1 is 0.957 bits per heavy atom. The quantitative estimate of drug-likeness (QED) is 0.641. The number of aromatic nitrogens is 2. The molecule has 3 rings (SSSR count). The van der Waals surface area contributed by atoms with Crippen molar-refractivity contribution < 1.29 is 17.9 Å². The second kappa shape index (κ2) is 5.57. The minimum absolute atomic E-state index is 0.0191. The zero-order valence-electron chi connectivity index (χ0n) is 11.5. The van der Waals surface area contributed by atoms with Crippen molar-refractivity contribution in [3.05, 3.63) is 59.9 Å². The second-order valence-electron chi connectivity index (χ2n) is 4.57. The number of hydrogen-bond acceptors (Lipinski definition) is 3. The molecule has 2 aromatic carbocycles. The summed E-state index contributed by atoms with van der Waals surface area (Å²) in [7, 11) is 0. The number of alkyl halides is 3. The van der Waals surface area contributed by atoms with Crippen LogP contribution in [0.3, 0.4) is 0 Å². The Hall–Kier alpha value is -3.14. The van der Waals surface area contributed by atoms with E-state index in [0.29, 0.717) is 22.2 Å². The molecule has 0 amide bonds. The summed E-state index contributed by atoms with van der Waals surface area (Å²) in [6.07, 6.45) is -4.74. The van der Waals surface area contributed by atoms with Gasteiger partial charge in [0.05, 0.1) is 5.39 Å². The number of rotatable bonds is 2. The van der Waals surface area contributed by atoms with Crippen molar-refractivity contribution in [1.82, 2.24) is 9.97 Å². The van der Waals surface area contributed by atoms with Crippen LogP contribution in [0.2, 0.25) is 0 Å². The van der Waals surface area contributed by atoms with Crippen LogP contribution in [0.4, 0.5) is 19.1 Å². The van der Waals surface area contributed by atoms with Gasteiger partial charge in [-0.15, -0.1) is 29.7 Å². The molecule has 0 bridgehead atoms. The van der Waals surface area contributed by atoms with E-state index in [0.717, 1.165) is 0 Å². The SMILES string of the molecule is [C-]#[N+]c1nc(-c2ccc(OC(F)(F)F)cc2)c2ccccc2n1. The molecule has 3 aromatic rings. The van der Waals surface area contributed by atoms with E-state index >= 15 is 0 Å². The molecule has 0 radical (unpaired) electrons.